The molecule has 0 aliphatic carbocycles. The van der Waals surface area contributed by atoms with Crippen LogP contribution in [-0.2, 0) is 9.05 Å². The number of unbranched alkanes of at least 4 members (excludes halogenated alkanes) is 18. The van der Waals surface area contributed by atoms with E-state index in [0.29, 0.717) is 13.2 Å². The van der Waals surface area contributed by atoms with Crippen LogP contribution in [-0.4, -0.2) is 13.2 Å². The lowest BCUT2D eigenvalue weighted by Crippen LogP contribution is -1.93. The second kappa shape index (κ2) is 25.3. The first-order valence-electron chi connectivity index (χ1n) is 12.5. The van der Waals surface area contributed by atoms with E-state index in [0.717, 1.165) is 25.7 Å². The molecule has 4 heteroatoms. The van der Waals surface area contributed by atoms with Crippen LogP contribution < -0.4 is 0 Å². The van der Waals surface area contributed by atoms with Crippen LogP contribution in [0, 0.1) is 0 Å². The molecule has 0 aliphatic rings. The Morgan fingerprint density at radius 2 is 0.679 bits per heavy atom. The number of hydrogen-bond donors (Lipinski definition) is 0. The lowest BCUT2D eigenvalue weighted by Gasteiger charge is -2.09. The maximum atomic E-state index is 13.6. The van der Waals surface area contributed by atoms with Gasteiger partial charge in [0.2, 0.25) is 0 Å². The van der Waals surface area contributed by atoms with Crippen molar-refractivity contribution < 1.29 is 13.2 Å². The first-order chi connectivity index (χ1) is 13.8. The summed E-state index contributed by atoms with van der Waals surface area (Å²) in [5.41, 5.74) is 0. The van der Waals surface area contributed by atoms with E-state index in [1.54, 1.807) is 0 Å². The van der Waals surface area contributed by atoms with Crippen molar-refractivity contribution in [3.05, 3.63) is 0 Å². The molecule has 0 bridgehead atoms. The number of hydrogen-bond acceptors (Lipinski definition) is 2. The number of halogens is 1. The fraction of sp³-hybridized carbons (Fsp3) is 1.00. The summed E-state index contributed by atoms with van der Waals surface area (Å²) in [5, 5.41) is 0. The average molecular weight is 421 g/mol. The Morgan fingerprint density at radius 1 is 0.429 bits per heavy atom. The Morgan fingerprint density at radius 3 is 0.964 bits per heavy atom. The van der Waals surface area contributed by atoms with E-state index in [4.69, 9.17) is 9.05 Å². The summed E-state index contributed by atoms with van der Waals surface area (Å²) in [6.07, 6.45) is 25.7. The quantitative estimate of drug-likeness (QED) is 0.114. The zero-order valence-corrected chi connectivity index (χ0v) is 20.1. The van der Waals surface area contributed by atoms with Gasteiger partial charge in [-0.15, -0.1) is 0 Å². The third kappa shape index (κ3) is 24.3. The Bertz CT molecular complexity index is 253. The predicted molar refractivity (Wildman–Crippen MR) is 124 cm³/mol. The largest absolute Gasteiger partial charge is 0.374 e. The predicted octanol–water partition coefficient (Wildman–Crippen LogP) is 10.1. The van der Waals surface area contributed by atoms with Crippen LogP contribution in [0.25, 0.3) is 0 Å². The maximum Gasteiger partial charge on any atom is 0.374 e. The molecule has 2 nitrogen and oxygen atoms in total. The first kappa shape index (κ1) is 28.3. The molecule has 0 spiro atoms. The molecule has 0 rings (SSSR count). The third-order valence-corrected chi connectivity index (χ3v) is 6.15. The Labute approximate surface area is 177 Å². The molecule has 170 valence electrons. The second-order valence-corrected chi connectivity index (χ2v) is 9.18. The molecule has 0 heterocycles. The van der Waals surface area contributed by atoms with Crippen LogP contribution in [0.5, 0.6) is 0 Å². The first-order valence-corrected chi connectivity index (χ1v) is 13.6. The topological polar surface area (TPSA) is 18.5 Å². The van der Waals surface area contributed by atoms with Crippen LogP contribution in [0.2, 0.25) is 0 Å². The van der Waals surface area contributed by atoms with Gasteiger partial charge in [0, 0.05) is 0 Å². The molecule has 0 fully saturated rings. The van der Waals surface area contributed by atoms with E-state index >= 15 is 0 Å². The van der Waals surface area contributed by atoms with Gasteiger partial charge in [0.05, 0.1) is 13.2 Å². The fourth-order valence-electron chi connectivity index (χ4n) is 3.49. The summed E-state index contributed by atoms with van der Waals surface area (Å²) < 4.78 is 23.9. The van der Waals surface area contributed by atoms with Gasteiger partial charge in [-0.25, -0.2) is 0 Å². The zero-order chi connectivity index (χ0) is 20.5. The Kier molecular flexibility index (Phi) is 25.6. The summed E-state index contributed by atoms with van der Waals surface area (Å²) in [7, 11) is -2.15. The van der Waals surface area contributed by atoms with Crippen LogP contribution in [0.15, 0.2) is 0 Å². The summed E-state index contributed by atoms with van der Waals surface area (Å²) in [4.78, 5) is 0. The molecule has 0 saturated carbocycles. The highest BCUT2D eigenvalue weighted by molar-refractivity contribution is 7.41. The lowest BCUT2D eigenvalue weighted by molar-refractivity contribution is 0.216. The minimum Gasteiger partial charge on any atom is -0.309 e. The third-order valence-electron chi connectivity index (χ3n) is 5.38. The Balaban J connectivity index is 3.12. The molecule has 0 N–H and O–H groups in total. The van der Waals surface area contributed by atoms with E-state index in [-0.39, 0.29) is 0 Å². The molecule has 0 aromatic heterocycles. The minimum atomic E-state index is -2.15. The molecule has 0 aromatic carbocycles. The lowest BCUT2D eigenvalue weighted by atomic mass is 10.1. The highest BCUT2D eigenvalue weighted by Crippen LogP contribution is 2.40. The minimum absolute atomic E-state index is 0.511. The maximum absolute atomic E-state index is 13.6. The Hall–Kier alpha value is 0.280. The SMILES string of the molecule is CCCCCCCCCCCCOP(F)OCCCCCCCCCCCC. The smallest absolute Gasteiger partial charge is 0.309 e. The van der Waals surface area contributed by atoms with Gasteiger partial charge >= 0.3 is 8.69 Å². The fourth-order valence-corrected chi connectivity index (χ4v) is 4.11. The van der Waals surface area contributed by atoms with Crippen molar-refractivity contribution in [2.45, 2.75) is 142 Å². The van der Waals surface area contributed by atoms with Gasteiger partial charge in [-0.3, -0.25) is 0 Å². The number of rotatable bonds is 24. The normalized spacial score (nSPS) is 11.6. The van der Waals surface area contributed by atoms with E-state index in [9.17, 15) is 4.20 Å². The van der Waals surface area contributed by atoms with Gasteiger partial charge in [0.25, 0.3) is 0 Å². The summed E-state index contributed by atoms with van der Waals surface area (Å²) in [6, 6.07) is 0. The molecule has 28 heavy (non-hydrogen) atoms. The van der Waals surface area contributed by atoms with Crippen molar-refractivity contribution in [1.82, 2.24) is 0 Å². The summed E-state index contributed by atoms with van der Waals surface area (Å²) in [5.74, 6) is 0. The molecule has 0 amide bonds. The highest BCUT2D eigenvalue weighted by Gasteiger charge is 2.08. The molecule has 0 saturated heterocycles. The van der Waals surface area contributed by atoms with Crippen molar-refractivity contribution >= 4 is 8.69 Å². The zero-order valence-electron chi connectivity index (χ0n) is 19.2. The molecule has 0 atom stereocenters. The molecular formula is C24H50FO2P. The van der Waals surface area contributed by atoms with Gasteiger partial charge in [-0.1, -0.05) is 129 Å². The van der Waals surface area contributed by atoms with Crippen molar-refractivity contribution in [3.8, 4) is 0 Å². The van der Waals surface area contributed by atoms with Crippen molar-refractivity contribution in [3.63, 3.8) is 0 Å². The van der Waals surface area contributed by atoms with E-state index < -0.39 is 8.69 Å². The van der Waals surface area contributed by atoms with E-state index in [1.807, 2.05) is 0 Å². The van der Waals surface area contributed by atoms with Crippen LogP contribution in [0.3, 0.4) is 0 Å². The van der Waals surface area contributed by atoms with Crippen LogP contribution in [0.1, 0.15) is 142 Å². The van der Waals surface area contributed by atoms with Crippen molar-refractivity contribution in [1.29, 1.82) is 0 Å². The molecule has 0 aliphatic heterocycles. The molecule has 0 unspecified atom stereocenters. The summed E-state index contributed by atoms with van der Waals surface area (Å²) in [6.45, 7) is 5.54. The highest BCUT2D eigenvalue weighted by atomic mass is 31.2. The van der Waals surface area contributed by atoms with Crippen molar-refractivity contribution in [2.75, 3.05) is 13.2 Å². The molecule has 0 radical (unpaired) electrons. The second-order valence-electron chi connectivity index (χ2n) is 8.24. The monoisotopic (exact) mass is 420 g/mol. The van der Waals surface area contributed by atoms with Gasteiger partial charge in [-0.05, 0) is 12.8 Å². The van der Waals surface area contributed by atoms with Gasteiger partial charge in [0.1, 0.15) is 0 Å². The molecular weight excluding hydrogens is 370 g/mol. The van der Waals surface area contributed by atoms with Gasteiger partial charge in [-0.2, -0.15) is 4.20 Å². The van der Waals surface area contributed by atoms with E-state index in [1.165, 1.54) is 103 Å². The van der Waals surface area contributed by atoms with Crippen LogP contribution in [0.4, 0.5) is 4.20 Å². The standard InChI is InChI=1S/C24H50FO2P/c1-3-5-7-9-11-13-15-17-19-21-23-26-28(25)27-24-22-20-18-16-14-12-10-8-6-4-2/h3-24H2,1-2H3. The molecule has 0 aromatic rings. The summed E-state index contributed by atoms with van der Waals surface area (Å²) >= 11 is 0. The van der Waals surface area contributed by atoms with E-state index in [2.05, 4.69) is 13.8 Å². The van der Waals surface area contributed by atoms with Crippen LogP contribution >= 0.6 is 8.69 Å². The average Bonchev–Trinajstić information content (AvgIpc) is 2.70. The van der Waals surface area contributed by atoms with Gasteiger partial charge < -0.3 is 9.05 Å². The van der Waals surface area contributed by atoms with Crippen molar-refractivity contribution in [2.24, 2.45) is 0 Å². The van der Waals surface area contributed by atoms with Gasteiger partial charge in [0.15, 0.2) is 0 Å².